The molecular weight excluding hydrogens is 599 g/mol. The maximum absolute atomic E-state index is 12.9. The Morgan fingerprint density at radius 3 is 2.48 bits per heavy atom. The van der Waals surface area contributed by atoms with Crippen LogP contribution in [-0.2, 0) is 16.1 Å². The zero-order valence-electron chi connectivity index (χ0n) is 23.7. The third-order valence-corrected chi connectivity index (χ3v) is 7.27. The van der Waals surface area contributed by atoms with Crippen LogP contribution in [0.3, 0.4) is 0 Å². The number of rotatable bonds is 8. The highest BCUT2D eigenvalue weighted by molar-refractivity contribution is 8.15. The van der Waals surface area contributed by atoms with Gasteiger partial charge in [-0.15, -0.1) is 18.3 Å². The Labute approximate surface area is 254 Å². The quantitative estimate of drug-likeness (QED) is 0.265. The Kier molecular flexibility index (Phi) is 8.87. The van der Waals surface area contributed by atoms with Gasteiger partial charge in [-0.3, -0.25) is 9.69 Å². The molecule has 15 heteroatoms. The molecule has 0 spiro atoms. The smallest absolute Gasteiger partial charge is 0.406 e. The van der Waals surface area contributed by atoms with E-state index in [4.69, 9.17) is 4.74 Å². The van der Waals surface area contributed by atoms with Gasteiger partial charge in [-0.05, 0) is 48.5 Å². The van der Waals surface area contributed by atoms with Gasteiger partial charge in [-0.2, -0.15) is 4.99 Å². The standard InChI is InChI=1S/C29H26F3N7O4S/c1-37(2)22-9-6-19(16-42-3)25(14-22)39-26(40)17-44-28(39)34-27(41)33-20-7-4-18(5-8-20)24-15-38(36-35-24)21-10-12-23(13-11-21)43-29(30,31)32/h4-15H,16-17H2,1-3H3,(H,33,41)/b34-28-. The molecule has 1 saturated heterocycles. The van der Waals surface area contributed by atoms with Crippen LogP contribution in [0.25, 0.3) is 16.9 Å². The normalized spacial score (nSPS) is 14.3. The van der Waals surface area contributed by atoms with Crippen molar-refractivity contribution in [2.24, 2.45) is 4.99 Å². The molecule has 2 heterocycles. The molecule has 1 aliphatic heterocycles. The van der Waals surface area contributed by atoms with Crippen LogP contribution in [0.4, 0.5) is 35.0 Å². The van der Waals surface area contributed by atoms with E-state index in [9.17, 15) is 22.8 Å². The highest BCUT2D eigenvalue weighted by atomic mass is 32.2. The lowest BCUT2D eigenvalue weighted by atomic mass is 10.1. The molecule has 5 rings (SSSR count). The van der Waals surface area contributed by atoms with E-state index in [0.29, 0.717) is 28.3 Å². The van der Waals surface area contributed by atoms with Crippen molar-refractivity contribution in [2.75, 3.05) is 42.1 Å². The van der Waals surface area contributed by atoms with Crippen molar-refractivity contribution < 1.29 is 32.2 Å². The topological polar surface area (TPSA) is 114 Å². The number of nitrogens with one attached hydrogen (secondary N) is 1. The Bertz CT molecular complexity index is 1690. The van der Waals surface area contributed by atoms with Crippen LogP contribution in [-0.4, -0.2) is 65.4 Å². The summed E-state index contributed by atoms with van der Waals surface area (Å²) >= 11 is 1.17. The number of nitrogens with zero attached hydrogens (tertiary/aromatic N) is 6. The van der Waals surface area contributed by atoms with E-state index in [0.717, 1.165) is 11.3 Å². The van der Waals surface area contributed by atoms with Gasteiger partial charge in [-0.25, -0.2) is 9.48 Å². The molecule has 0 unspecified atom stereocenters. The van der Waals surface area contributed by atoms with Gasteiger partial charge in [0.2, 0.25) is 5.91 Å². The van der Waals surface area contributed by atoms with Gasteiger partial charge in [0.1, 0.15) is 11.4 Å². The fourth-order valence-corrected chi connectivity index (χ4v) is 5.14. The number of aromatic nitrogens is 3. The molecule has 0 radical (unpaired) electrons. The van der Waals surface area contributed by atoms with Crippen molar-refractivity contribution in [3.8, 4) is 22.7 Å². The predicted molar refractivity (Wildman–Crippen MR) is 161 cm³/mol. The summed E-state index contributed by atoms with van der Waals surface area (Å²) in [6.07, 6.45) is -3.16. The summed E-state index contributed by atoms with van der Waals surface area (Å²) in [7, 11) is 5.35. The molecule has 1 aromatic heterocycles. The number of aliphatic imine (C=N–C) groups is 1. The molecule has 1 fully saturated rings. The van der Waals surface area contributed by atoms with E-state index in [1.165, 1.54) is 45.6 Å². The van der Waals surface area contributed by atoms with Crippen molar-refractivity contribution in [1.82, 2.24) is 15.0 Å². The van der Waals surface area contributed by atoms with Crippen molar-refractivity contribution in [3.05, 3.63) is 78.5 Å². The third-order valence-electron chi connectivity index (χ3n) is 6.35. The fraction of sp³-hybridized carbons (Fsp3) is 0.207. The highest BCUT2D eigenvalue weighted by Crippen LogP contribution is 2.33. The van der Waals surface area contributed by atoms with Crippen LogP contribution in [0, 0.1) is 0 Å². The molecule has 3 aromatic carbocycles. The van der Waals surface area contributed by atoms with Gasteiger partial charge in [0.25, 0.3) is 0 Å². The van der Waals surface area contributed by atoms with Gasteiger partial charge in [-0.1, -0.05) is 35.2 Å². The number of halogens is 3. The molecule has 0 bridgehead atoms. The molecule has 228 valence electrons. The van der Waals surface area contributed by atoms with Crippen LogP contribution in [0.5, 0.6) is 5.75 Å². The molecule has 0 saturated carbocycles. The average Bonchev–Trinajstić information content (AvgIpc) is 3.60. The number of hydrogen-bond acceptors (Lipinski definition) is 8. The number of anilines is 3. The van der Waals surface area contributed by atoms with Gasteiger partial charge in [0.05, 0.1) is 29.9 Å². The number of methoxy groups -OCH3 is 1. The number of amidine groups is 1. The maximum Gasteiger partial charge on any atom is 0.573 e. The number of carbonyl (C=O) groups excluding carboxylic acids is 2. The first-order valence-corrected chi connectivity index (χ1v) is 14.0. The van der Waals surface area contributed by atoms with E-state index in [1.54, 1.807) is 37.6 Å². The Hall–Kier alpha value is -4.89. The van der Waals surface area contributed by atoms with Gasteiger partial charge in [0.15, 0.2) is 5.17 Å². The van der Waals surface area contributed by atoms with Crippen LogP contribution < -0.4 is 19.9 Å². The lowest BCUT2D eigenvalue weighted by Crippen LogP contribution is -2.31. The number of amides is 3. The number of hydrogen-bond donors (Lipinski definition) is 1. The van der Waals surface area contributed by atoms with Crippen LogP contribution in [0.2, 0.25) is 0 Å². The Morgan fingerprint density at radius 2 is 1.82 bits per heavy atom. The number of carbonyl (C=O) groups is 2. The molecule has 3 amide bonds. The van der Waals surface area contributed by atoms with E-state index in [-0.39, 0.29) is 29.2 Å². The number of ether oxygens (including phenoxy) is 2. The summed E-state index contributed by atoms with van der Waals surface area (Å²) in [6, 6.07) is 17.0. The van der Waals surface area contributed by atoms with Gasteiger partial charge < -0.3 is 19.7 Å². The number of thioether (sulfide) groups is 1. The molecule has 1 N–H and O–H groups in total. The van der Waals surface area contributed by atoms with Crippen molar-refractivity contribution >= 4 is 45.9 Å². The first-order valence-electron chi connectivity index (χ1n) is 13.0. The molecule has 0 atom stereocenters. The third kappa shape index (κ3) is 7.18. The van der Waals surface area contributed by atoms with Crippen LogP contribution in [0.1, 0.15) is 5.56 Å². The van der Waals surface area contributed by atoms with Gasteiger partial charge in [0, 0.05) is 43.7 Å². The Balaban J connectivity index is 1.28. The molecule has 4 aromatic rings. The Morgan fingerprint density at radius 1 is 1.09 bits per heavy atom. The summed E-state index contributed by atoms with van der Waals surface area (Å²) in [6.45, 7) is 0.278. The molecule has 0 aliphatic carbocycles. The zero-order chi connectivity index (χ0) is 31.4. The number of benzene rings is 3. The first-order chi connectivity index (χ1) is 21.0. The second-order valence-corrected chi connectivity index (χ2v) is 10.6. The van der Waals surface area contributed by atoms with E-state index < -0.39 is 12.4 Å². The maximum atomic E-state index is 12.9. The van der Waals surface area contributed by atoms with Crippen LogP contribution >= 0.6 is 11.8 Å². The summed E-state index contributed by atoms with van der Waals surface area (Å²) in [5.41, 5.74) is 4.40. The molecule has 44 heavy (non-hydrogen) atoms. The lowest BCUT2D eigenvalue weighted by Gasteiger charge is -2.22. The predicted octanol–water partition coefficient (Wildman–Crippen LogP) is 5.71. The second-order valence-electron chi connectivity index (χ2n) is 9.65. The van der Waals surface area contributed by atoms with E-state index in [2.05, 4.69) is 25.4 Å². The molecule has 1 aliphatic rings. The zero-order valence-corrected chi connectivity index (χ0v) is 24.5. The number of alkyl halides is 3. The number of urea groups is 1. The van der Waals surface area contributed by atoms with Crippen molar-refractivity contribution in [3.63, 3.8) is 0 Å². The summed E-state index contributed by atoms with van der Waals surface area (Å²) in [4.78, 5) is 33.3. The second kappa shape index (κ2) is 12.8. The van der Waals surface area contributed by atoms with Crippen molar-refractivity contribution in [1.29, 1.82) is 0 Å². The first kappa shape index (κ1) is 30.6. The molecule has 11 nitrogen and oxygen atoms in total. The highest BCUT2D eigenvalue weighted by Gasteiger charge is 2.33. The largest absolute Gasteiger partial charge is 0.573 e. The minimum Gasteiger partial charge on any atom is -0.406 e. The molecular formula is C29H26F3N7O4S. The fourth-order valence-electron chi connectivity index (χ4n) is 4.28. The minimum atomic E-state index is -4.78. The van der Waals surface area contributed by atoms with E-state index in [1.807, 2.05) is 37.2 Å². The monoisotopic (exact) mass is 625 g/mol. The summed E-state index contributed by atoms with van der Waals surface area (Å²) in [5, 5.41) is 11.1. The lowest BCUT2D eigenvalue weighted by molar-refractivity contribution is -0.274. The average molecular weight is 626 g/mol. The SMILES string of the molecule is COCc1ccc(N(C)C)cc1N1C(=O)CS/C1=N\C(=O)Nc1ccc(-c2cn(-c3ccc(OC(F)(F)F)cc3)nn2)cc1. The van der Waals surface area contributed by atoms with Crippen molar-refractivity contribution in [2.45, 2.75) is 13.0 Å². The van der Waals surface area contributed by atoms with Crippen LogP contribution in [0.15, 0.2) is 77.9 Å². The van der Waals surface area contributed by atoms with E-state index >= 15 is 0 Å². The minimum absolute atomic E-state index is 0.144. The summed E-state index contributed by atoms with van der Waals surface area (Å²) < 4.78 is 47.9. The summed E-state index contributed by atoms with van der Waals surface area (Å²) in [5.74, 6) is -0.395. The van der Waals surface area contributed by atoms with Gasteiger partial charge >= 0.3 is 12.4 Å².